The Balaban J connectivity index is 2.10. The number of rotatable bonds is 4. The monoisotopic (exact) mass is 266 g/mol. The maximum Gasteiger partial charge on any atom is 0.241 e. The lowest BCUT2D eigenvalue weighted by molar-refractivity contribution is -0.134. The second kappa shape index (κ2) is 6.25. The summed E-state index contributed by atoms with van der Waals surface area (Å²) in [6.45, 7) is 8.90. The predicted molar refractivity (Wildman–Crippen MR) is 78.7 cm³/mol. The standard InChI is InChI=1S/C16H30N2O/c1-5-15-17-13(10-11(2)3)16(19)18(15)14-9-7-6-8-12(14)4/h11-15,17H,5-10H2,1-4H3. The van der Waals surface area contributed by atoms with E-state index < -0.39 is 0 Å². The third-order valence-electron chi connectivity index (χ3n) is 4.80. The molecule has 2 fully saturated rings. The molecular weight excluding hydrogens is 236 g/mol. The van der Waals surface area contributed by atoms with Gasteiger partial charge in [-0.15, -0.1) is 0 Å². The van der Waals surface area contributed by atoms with Crippen LogP contribution in [-0.2, 0) is 4.79 Å². The van der Waals surface area contributed by atoms with Gasteiger partial charge >= 0.3 is 0 Å². The zero-order valence-electron chi connectivity index (χ0n) is 13.0. The van der Waals surface area contributed by atoms with Gasteiger partial charge in [-0.25, -0.2) is 0 Å². The minimum atomic E-state index is 0.0547. The molecule has 0 radical (unpaired) electrons. The Bertz CT molecular complexity index is 316. The van der Waals surface area contributed by atoms with Gasteiger partial charge in [-0.2, -0.15) is 0 Å². The van der Waals surface area contributed by atoms with E-state index in [9.17, 15) is 4.79 Å². The van der Waals surface area contributed by atoms with Gasteiger partial charge in [-0.3, -0.25) is 10.1 Å². The zero-order valence-corrected chi connectivity index (χ0v) is 13.0. The minimum absolute atomic E-state index is 0.0547. The number of hydrogen-bond donors (Lipinski definition) is 1. The third-order valence-corrected chi connectivity index (χ3v) is 4.80. The third kappa shape index (κ3) is 3.13. The first kappa shape index (κ1) is 14.8. The maximum absolute atomic E-state index is 12.7. The van der Waals surface area contributed by atoms with Crippen LogP contribution in [0.3, 0.4) is 0 Å². The van der Waals surface area contributed by atoms with Crippen LogP contribution in [0.2, 0.25) is 0 Å². The summed E-state index contributed by atoms with van der Waals surface area (Å²) >= 11 is 0. The average molecular weight is 266 g/mol. The molecule has 0 aromatic rings. The van der Waals surface area contributed by atoms with Gasteiger partial charge in [0.1, 0.15) is 0 Å². The molecule has 1 N–H and O–H groups in total. The van der Waals surface area contributed by atoms with Crippen molar-refractivity contribution in [3.63, 3.8) is 0 Å². The van der Waals surface area contributed by atoms with E-state index in [2.05, 4.69) is 37.9 Å². The number of hydrogen-bond acceptors (Lipinski definition) is 2. The SMILES string of the molecule is CCC1NC(CC(C)C)C(=O)N1C1CCCCC1C. The van der Waals surface area contributed by atoms with E-state index in [-0.39, 0.29) is 12.2 Å². The van der Waals surface area contributed by atoms with E-state index >= 15 is 0 Å². The van der Waals surface area contributed by atoms with Crippen molar-refractivity contribution in [1.29, 1.82) is 0 Å². The van der Waals surface area contributed by atoms with Crippen LogP contribution < -0.4 is 5.32 Å². The van der Waals surface area contributed by atoms with Crippen LogP contribution in [-0.4, -0.2) is 29.1 Å². The molecule has 0 aromatic heterocycles. The van der Waals surface area contributed by atoms with Gasteiger partial charge in [0.2, 0.25) is 5.91 Å². The van der Waals surface area contributed by atoms with Crippen molar-refractivity contribution < 1.29 is 4.79 Å². The molecule has 3 nitrogen and oxygen atoms in total. The number of amides is 1. The van der Waals surface area contributed by atoms with Crippen molar-refractivity contribution in [2.45, 2.75) is 84.5 Å². The first-order chi connectivity index (χ1) is 9.04. The van der Waals surface area contributed by atoms with Crippen molar-refractivity contribution >= 4 is 5.91 Å². The molecule has 1 amide bonds. The normalized spacial score (nSPS) is 36.3. The van der Waals surface area contributed by atoms with Gasteiger partial charge < -0.3 is 4.90 Å². The minimum Gasteiger partial charge on any atom is -0.323 e. The zero-order chi connectivity index (χ0) is 14.0. The van der Waals surface area contributed by atoms with Crippen LogP contribution in [0.4, 0.5) is 0 Å². The molecule has 110 valence electrons. The van der Waals surface area contributed by atoms with Crippen LogP contribution in [0, 0.1) is 11.8 Å². The van der Waals surface area contributed by atoms with Crippen LogP contribution in [0.1, 0.15) is 66.2 Å². The van der Waals surface area contributed by atoms with E-state index in [1.54, 1.807) is 0 Å². The van der Waals surface area contributed by atoms with E-state index in [1.165, 1.54) is 25.7 Å². The van der Waals surface area contributed by atoms with Crippen molar-refractivity contribution in [1.82, 2.24) is 10.2 Å². The van der Waals surface area contributed by atoms with E-state index in [1.807, 2.05) is 0 Å². The highest BCUT2D eigenvalue weighted by Gasteiger charge is 2.43. The lowest BCUT2D eigenvalue weighted by Gasteiger charge is -2.39. The average Bonchev–Trinajstić information content (AvgIpc) is 2.66. The molecule has 1 heterocycles. The summed E-state index contributed by atoms with van der Waals surface area (Å²) in [5.74, 6) is 1.59. The van der Waals surface area contributed by atoms with Crippen LogP contribution in [0.5, 0.6) is 0 Å². The highest BCUT2D eigenvalue weighted by atomic mass is 16.2. The summed E-state index contributed by atoms with van der Waals surface area (Å²) in [5.41, 5.74) is 0. The largest absolute Gasteiger partial charge is 0.323 e. The highest BCUT2D eigenvalue weighted by Crippen LogP contribution is 2.32. The molecule has 3 heteroatoms. The molecule has 1 saturated carbocycles. The molecule has 4 unspecified atom stereocenters. The molecule has 4 atom stereocenters. The first-order valence-electron chi connectivity index (χ1n) is 8.12. The lowest BCUT2D eigenvalue weighted by Crippen LogP contribution is -2.48. The molecule has 1 saturated heterocycles. The van der Waals surface area contributed by atoms with Crippen LogP contribution >= 0.6 is 0 Å². The van der Waals surface area contributed by atoms with Crippen LogP contribution in [0.15, 0.2) is 0 Å². The second-order valence-corrected chi connectivity index (χ2v) is 6.85. The Labute approximate surface area is 118 Å². The number of nitrogens with one attached hydrogen (secondary N) is 1. The van der Waals surface area contributed by atoms with Crippen LogP contribution in [0.25, 0.3) is 0 Å². The smallest absolute Gasteiger partial charge is 0.241 e. The lowest BCUT2D eigenvalue weighted by atomic mass is 9.84. The summed E-state index contributed by atoms with van der Waals surface area (Å²) in [6, 6.07) is 0.523. The Morgan fingerprint density at radius 1 is 1.32 bits per heavy atom. The number of carbonyl (C=O) groups is 1. The molecule has 1 aliphatic carbocycles. The maximum atomic E-state index is 12.7. The molecular formula is C16H30N2O. The number of nitrogens with zero attached hydrogens (tertiary/aromatic N) is 1. The van der Waals surface area contributed by atoms with E-state index in [0.717, 1.165) is 12.8 Å². The first-order valence-corrected chi connectivity index (χ1v) is 8.12. The van der Waals surface area contributed by atoms with Gasteiger partial charge in [-0.05, 0) is 37.5 Å². The summed E-state index contributed by atoms with van der Waals surface area (Å²) in [7, 11) is 0. The molecule has 0 aromatic carbocycles. The Hall–Kier alpha value is -0.570. The molecule has 19 heavy (non-hydrogen) atoms. The number of carbonyl (C=O) groups excluding carboxylic acids is 1. The summed E-state index contributed by atoms with van der Waals surface area (Å²) < 4.78 is 0. The molecule has 2 rings (SSSR count). The molecule has 0 spiro atoms. The highest BCUT2D eigenvalue weighted by molar-refractivity contribution is 5.84. The fourth-order valence-electron chi connectivity index (χ4n) is 3.78. The summed E-state index contributed by atoms with van der Waals surface area (Å²) in [5, 5.41) is 3.57. The molecule has 0 bridgehead atoms. The Kier molecular flexibility index (Phi) is 4.88. The van der Waals surface area contributed by atoms with Gasteiger partial charge in [0.05, 0.1) is 12.2 Å². The van der Waals surface area contributed by atoms with Gasteiger partial charge in [0.25, 0.3) is 0 Å². The molecule has 2 aliphatic rings. The Morgan fingerprint density at radius 3 is 2.58 bits per heavy atom. The summed E-state index contributed by atoms with van der Waals surface area (Å²) in [6.07, 6.45) is 7.33. The van der Waals surface area contributed by atoms with Gasteiger partial charge in [0.15, 0.2) is 0 Å². The van der Waals surface area contributed by atoms with Crippen molar-refractivity contribution in [3.8, 4) is 0 Å². The van der Waals surface area contributed by atoms with E-state index in [4.69, 9.17) is 0 Å². The van der Waals surface area contributed by atoms with Gasteiger partial charge in [0, 0.05) is 6.04 Å². The second-order valence-electron chi connectivity index (χ2n) is 6.85. The molecule has 1 aliphatic heterocycles. The van der Waals surface area contributed by atoms with Crippen molar-refractivity contribution in [2.24, 2.45) is 11.8 Å². The topological polar surface area (TPSA) is 32.3 Å². The predicted octanol–water partition coefficient (Wildman–Crippen LogP) is 3.15. The van der Waals surface area contributed by atoms with Gasteiger partial charge in [-0.1, -0.05) is 40.5 Å². The fraction of sp³-hybridized carbons (Fsp3) is 0.938. The quantitative estimate of drug-likeness (QED) is 0.848. The Morgan fingerprint density at radius 2 is 2.00 bits per heavy atom. The fourth-order valence-corrected chi connectivity index (χ4v) is 3.78. The van der Waals surface area contributed by atoms with Crippen molar-refractivity contribution in [2.75, 3.05) is 0 Å². The van der Waals surface area contributed by atoms with Crippen molar-refractivity contribution in [3.05, 3.63) is 0 Å². The summed E-state index contributed by atoms with van der Waals surface area (Å²) in [4.78, 5) is 14.9. The van der Waals surface area contributed by atoms with E-state index in [0.29, 0.717) is 23.8 Å².